The summed E-state index contributed by atoms with van der Waals surface area (Å²) in [5.74, 6) is -1.93. The Labute approximate surface area is 227 Å². The highest BCUT2D eigenvalue weighted by Gasteiger charge is 2.31. The van der Waals surface area contributed by atoms with Crippen LogP contribution >= 0.6 is 0 Å². The fraction of sp³-hybridized carbons (Fsp3) is 0.333. The van der Waals surface area contributed by atoms with E-state index in [0.29, 0.717) is 48.5 Å². The van der Waals surface area contributed by atoms with Crippen LogP contribution in [0.5, 0.6) is 11.5 Å². The molecule has 13 heteroatoms. The SMILES string of the molecule is CC(C(=O)O)n1cnc(-c2ccc(OC3CCN(C(=O)Cc4ccc(OC(F)(F)F)cc4)CC3)c(C(N)=O)c2)c1. The number of rotatable bonds is 9. The molecule has 0 spiro atoms. The van der Waals surface area contributed by atoms with Crippen LogP contribution in [0, 0.1) is 0 Å². The summed E-state index contributed by atoms with van der Waals surface area (Å²) in [6.45, 7) is 2.33. The molecule has 3 aromatic rings. The van der Waals surface area contributed by atoms with Crippen LogP contribution in [0.15, 0.2) is 55.0 Å². The van der Waals surface area contributed by atoms with Crippen molar-refractivity contribution in [1.82, 2.24) is 14.5 Å². The molecule has 40 heavy (non-hydrogen) atoms. The Morgan fingerprint density at radius 2 is 1.80 bits per heavy atom. The van der Waals surface area contributed by atoms with E-state index in [1.54, 1.807) is 29.3 Å². The molecule has 0 bridgehead atoms. The van der Waals surface area contributed by atoms with Gasteiger partial charge in [0.25, 0.3) is 5.91 Å². The van der Waals surface area contributed by atoms with Crippen LogP contribution in [0.3, 0.4) is 0 Å². The number of amides is 2. The number of carbonyl (C=O) groups is 3. The van der Waals surface area contributed by atoms with Gasteiger partial charge in [0.15, 0.2) is 0 Å². The number of imidazole rings is 1. The molecule has 1 saturated heterocycles. The van der Waals surface area contributed by atoms with Crippen molar-refractivity contribution in [3.63, 3.8) is 0 Å². The Morgan fingerprint density at radius 1 is 1.12 bits per heavy atom. The van der Waals surface area contributed by atoms with Crippen LogP contribution in [0.2, 0.25) is 0 Å². The summed E-state index contributed by atoms with van der Waals surface area (Å²) in [4.78, 5) is 42.0. The number of aliphatic carboxylic acids is 1. The van der Waals surface area contributed by atoms with Crippen molar-refractivity contribution in [3.8, 4) is 22.8 Å². The number of carboxylic acid groups (broad SMARTS) is 1. The van der Waals surface area contributed by atoms with Gasteiger partial charge in [-0.05, 0) is 42.8 Å². The van der Waals surface area contributed by atoms with Crippen LogP contribution in [-0.2, 0) is 16.0 Å². The second kappa shape index (κ2) is 11.7. The topological polar surface area (TPSA) is 137 Å². The number of primary amides is 1. The summed E-state index contributed by atoms with van der Waals surface area (Å²) in [6.07, 6.45) is -1.06. The molecule has 0 aliphatic carbocycles. The van der Waals surface area contributed by atoms with E-state index in [4.69, 9.17) is 10.5 Å². The first-order valence-electron chi connectivity index (χ1n) is 12.4. The number of alkyl halides is 3. The zero-order chi connectivity index (χ0) is 29.0. The molecule has 1 aliphatic rings. The van der Waals surface area contributed by atoms with E-state index >= 15 is 0 Å². The lowest BCUT2D eigenvalue weighted by Crippen LogP contribution is -2.42. The van der Waals surface area contributed by atoms with Gasteiger partial charge < -0.3 is 29.8 Å². The van der Waals surface area contributed by atoms with Gasteiger partial charge in [0.05, 0.1) is 24.0 Å². The van der Waals surface area contributed by atoms with Gasteiger partial charge in [0, 0.05) is 37.7 Å². The average Bonchev–Trinajstić information content (AvgIpc) is 3.39. The second-order valence-electron chi connectivity index (χ2n) is 9.36. The number of nitrogens with zero attached hydrogens (tertiary/aromatic N) is 3. The van der Waals surface area contributed by atoms with Gasteiger partial charge in [-0.1, -0.05) is 12.1 Å². The third-order valence-corrected chi connectivity index (χ3v) is 6.55. The van der Waals surface area contributed by atoms with Gasteiger partial charge in [-0.15, -0.1) is 13.2 Å². The first-order valence-corrected chi connectivity index (χ1v) is 12.4. The molecule has 2 amide bonds. The number of carbonyl (C=O) groups excluding carboxylic acids is 2. The number of nitrogens with two attached hydrogens (primary N) is 1. The van der Waals surface area contributed by atoms with Gasteiger partial charge in [-0.25, -0.2) is 9.78 Å². The zero-order valence-electron chi connectivity index (χ0n) is 21.4. The van der Waals surface area contributed by atoms with Crippen LogP contribution in [0.4, 0.5) is 13.2 Å². The quantitative estimate of drug-likeness (QED) is 0.406. The van der Waals surface area contributed by atoms with E-state index in [1.165, 1.54) is 42.1 Å². The average molecular weight is 561 g/mol. The highest BCUT2D eigenvalue weighted by atomic mass is 19.4. The molecular weight excluding hydrogens is 533 g/mol. The van der Waals surface area contributed by atoms with E-state index in [9.17, 15) is 32.7 Å². The molecular formula is C27H27F3N4O6. The van der Waals surface area contributed by atoms with Crippen LogP contribution in [0.1, 0.15) is 41.7 Å². The Hall–Kier alpha value is -4.55. The molecule has 2 aromatic carbocycles. The molecule has 4 rings (SSSR count). The maximum atomic E-state index is 12.7. The van der Waals surface area contributed by atoms with Gasteiger partial charge in [0.2, 0.25) is 5.91 Å². The number of hydrogen-bond acceptors (Lipinski definition) is 6. The maximum absolute atomic E-state index is 12.7. The maximum Gasteiger partial charge on any atom is 0.573 e. The number of likely N-dealkylation sites (tertiary alicyclic amines) is 1. The Bertz CT molecular complexity index is 1380. The minimum atomic E-state index is -4.78. The molecule has 10 nitrogen and oxygen atoms in total. The van der Waals surface area contributed by atoms with Crippen LogP contribution in [-0.4, -0.2) is 62.9 Å². The summed E-state index contributed by atoms with van der Waals surface area (Å²) in [5.41, 5.74) is 7.34. The van der Waals surface area contributed by atoms with Crippen molar-refractivity contribution < 1.29 is 42.1 Å². The highest BCUT2D eigenvalue weighted by Crippen LogP contribution is 2.29. The first-order chi connectivity index (χ1) is 18.9. The zero-order valence-corrected chi connectivity index (χ0v) is 21.4. The van der Waals surface area contributed by atoms with Crippen molar-refractivity contribution >= 4 is 17.8 Å². The number of halogens is 3. The molecule has 1 aliphatic heterocycles. The normalized spacial score (nSPS) is 14.9. The molecule has 3 N–H and O–H groups in total. The largest absolute Gasteiger partial charge is 0.573 e. The van der Waals surface area contributed by atoms with E-state index < -0.39 is 24.3 Å². The smallest absolute Gasteiger partial charge is 0.489 e. The van der Waals surface area contributed by atoms with E-state index in [-0.39, 0.29) is 29.7 Å². The van der Waals surface area contributed by atoms with Crippen molar-refractivity contribution in [3.05, 3.63) is 66.1 Å². The summed E-state index contributed by atoms with van der Waals surface area (Å²) in [5, 5.41) is 9.19. The lowest BCUT2D eigenvalue weighted by Gasteiger charge is -2.32. The van der Waals surface area contributed by atoms with Gasteiger partial charge in [-0.2, -0.15) is 0 Å². The number of carboxylic acids is 1. The number of aromatic nitrogens is 2. The molecule has 0 radical (unpaired) electrons. The van der Waals surface area contributed by atoms with Crippen LogP contribution in [0.25, 0.3) is 11.3 Å². The van der Waals surface area contributed by atoms with Gasteiger partial charge >= 0.3 is 12.3 Å². The highest BCUT2D eigenvalue weighted by molar-refractivity contribution is 5.97. The number of benzene rings is 2. The standard InChI is InChI=1S/C27H27F3N4O6/c1-16(26(37)38)34-14-22(32-15-34)18-4-7-23(21(13-18)25(31)36)39-19-8-10-33(11-9-19)24(35)12-17-2-5-20(6-3-17)40-27(28,29)30/h2-7,13-16,19H,8-12H2,1H3,(H2,31,36)(H,37,38). The molecule has 2 heterocycles. The van der Waals surface area contributed by atoms with Crippen molar-refractivity contribution in [2.24, 2.45) is 5.73 Å². The monoisotopic (exact) mass is 560 g/mol. The Kier molecular flexibility index (Phi) is 8.31. The molecule has 1 aromatic heterocycles. The lowest BCUT2D eigenvalue weighted by molar-refractivity contribution is -0.274. The van der Waals surface area contributed by atoms with Crippen molar-refractivity contribution in [1.29, 1.82) is 0 Å². The fourth-order valence-electron chi connectivity index (χ4n) is 4.31. The minimum absolute atomic E-state index is 0.0338. The lowest BCUT2D eigenvalue weighted by atomic mass is 10.0. The first kappa shape index (κ1) is 28.5. The third-order valence-electron chi connectivity index (χ3n) is 6.55. The minimum Gasteiger partial charge on any atom is -0.489 e. The number of ether oxygens (including phenoxy) is 2. The third kappa shape index (κ3) is 7.10. The van der Waals surface area contributed by atoms with Gasteiger partial charge in [-0.3, -0.25) is 9.59 Å². The Balaban J connectivity index is 1.34. The number of hydrogen-bond donors (Lipinski definition) is 2. The summed E-state index contributed by atoms with van der Waals surface area (Å²) < 4.78 is 48.3. The predicted octanol–water partition coefficient (Wildman–Crippen LogP) is 3.81. The second-order valence-corrected chi connectivity index (χ2v) is 9.36. The molecule has 1 unspecified atom stereocenters. The van der Waals surface area contributed by atoms with Gasteiger partial charge in [0.1, 0.15) is 23.6 Å². The molecule has 1 fully saturated rings. The predicted molar refractivity (Wildman–Crippen MR) is 136 cm³/mol. The Morgan fingerprint density at radius 3 is 2.40 bits per heavy atom. The van der Waals surface area contributed by atoms with E-state index in [0.717, 1.165) is 0 Å². The van der Waals surface area contributed by atoms with E-state index in [2.05, 4.69) is 9.72 Å². The summed E-state index contributed by atoms with van der Waals surface area (Å²) >= 11 is 0. The fourth-order valence-corrected chi connectivity index (χ4v) is 4.31. The van der Waals surface area contributed by atoms with Crippen molar-refractivity contribution in [2.75, 3.05) is 13.1 Å². The van der Waals surface area contributed by atoms with Crippen molar-refractivity contribution in [2.45, 2.75) is 44.7 Å². The molecule has 0 saturated carbocycles. The summed E-state index contributed by atoms with van der Waals surface area (Å²) in [7, 11) is 0. The number of piperidine rings is 1. The van der Waals surface area contributed by atoms with Crippen LogP contribution < -0.4 is 15.2 Å². The molecule has 212 valence electrons. The van der Waals surface area contributed by atoms with E-state index in [1.807, 2.05) is 0 Å². The molecule has 1 atom stereocenters. The summed E-state index contributed by atoms with van der Waals surface area (Å²) in [6, 6.07) is 9.21.